The van der Waals surface area contributed by atoms with Gasteiger partial charge in [-0.05, 0) is 66.4 Å². The zero-order valence-electron chi connectivity index (χ0n) is 17.7. The smallest absolute Gasteiger partial charge is 0.271 e. The van der Waals surface area contributed by atoms with Gasteiger partial charge in [0.15, 0.2) is 5.37 Å². The normalized spacial score (nSPS) is 18.6. The van der Waals surface area contributed by atoms with Crippen molar-refractivity contribution < 1.29 is 18.1 Å². The van der Waals surface area contributed by atoms with Crippen LogP contribution in [0.1, 0.15) is 27.6 Å². The van der Waals surface area contributed by atoms with Crippen LogP contribution in [0.5, 0.6) is 0 Å². The van der Waals surface area contributed by atoms with Crippen molar-refractivity contribution in [2.24, 2.45) is 0 Å². The summed E-state index contributed by atoms with van der Waals surface area (Å²) >= 11 is 3.33. The van der Waals surface area contributed by atoms with Crippen LogP contribution in [0.3, 0.4) is 0 Å². The van der Waals surface area contributed by atoms with Gasteiger partial charge in [0, 0.05) is 22.3 Å². The number of anilines is 1. The van der Waals surface area contributed by atoms with E-state index in [1.54, 1.807) is 36.4 Å². The van der Waals surface area contributed by atoms with Crippen LogP contribution in [0.2, 0.25) is 0 Å². The predicted octanol–water partition coefficient (Wildman–Crippen LogP) is 5.48. The molecule has 1 fully saturated rings. The van der Waals surface area contributed by atoms with Crippen molar-refractivity contribution in [3.05, 3.63) is 108 Å². The van der Waals surface area contributed by atoms with Gasteiger partial charge in [-0.15, -0.1) is 0 Å². The molecule has 0 spiro atoms. The monoisotopic (exact) mass is 526 g/mol. The van der Waals surface area contributed by atoms with Gasteiger partial charge in [0.2, 0.25) is 9.84 Å². The predicted molar refractivity (Wildman–Crippen MR) is 130 cm³/mol. The van der Waals surface area contributed by atoms with Gasteiger partial charge >= 0.3 is 0 Å². The molecule has 0 N–H and O–H groups in total. The summed E-state index contributed by atoms with van der Waals surface area (Å²) in [6.07, 6.45) is 1.34. The fraction of sp³-hybridized carbons (Fsp3) is 0.125. The third-order valence-electron chi connectivity index (χ3n) is 5.57. The minimum absolute atomic E-state index is 0.148. The SMILES string of the molecule is Cc1ccc(N2C(=O)/C(=C\c3ccc(Br)cc3)S(=O)(=O)[C@@H]2c2cccc([N+](=O)[O-])c2)cc1C. The minimum Gasteiger partial charge on any atom is -0.286 e. The number of carbonyl (C=O) groups is 1. The number of non-ortho nitro benzene ring substituents is 1. The van der Waals surface area contributed by atoms with Crippen LogP contribution in [-0.2, 0) is 14.6 Å². The zero-order valence-corrected chi connectivity index (χ0v) is 20.1. The van der Waals surface area contributed by atoms with Crippen molar-refractivity contribution >= 4 is 49.1 Å². The lowest BCUT2D eigenvalue weighted by Gasteiger charge is -2.24. The van der Waals surface area contributed by atoms with Gasteiger partial charge in [0.05, 0.1) is 4.92 Å². The maximum Gasteiger partial charge on any atom is 0.271 e. The summed E-state index contributed by atoms with van der Waals surface area (Å²) in [5, 5.41) is 9.90. The molecule has 168 valence electrons. The highest BCUT2D eigenvalue weighted by Crippen LogP contribution is 2.44. The molecule has 1 heterocycles. The average molecular weight is 527 g/mol. The Hall–Kier alpha value is -3.30. The third-order valence-corrected chi connectivity index (χ3v) is 8.07. The Labute approximate surface area is 199 Å². The summed E-state index contributed by atoms with van der Waals surface area (Å²) in [6, 6.07) is 17.5. The highest BCUT2D eigenvalue weighted by Gasteiger charge is 2.50. The molecular weight excluding hydrogens is 508 g/mol. The van der Waals surface area contributed by atoms with Gasteiger partial charge in [-0.2, -0.15) is 0 Å². The lowest BCUT2D eigenvalue weighted by atomic mass is 10.1. The summed E-state index contributed by atoms with van der Waals surface area (Å²) < 4.78 is 28.2. The number of amides is 1. The fourth-order valence-corrected chi connectivity index (χ4v) is 5.86. The lowest BCUT2D eigenvalue weighted by Crippen LogP contribution is -2.29. The molecule has 0 unspecified atom stereocenters. The van der Waals surface area contributed by atoms with Crippen LogP contribution in [-0.4, -0.2) is 19.2 Å². The highest BCUT2D eigenvalue weighted by atomic mass is 79.9. The molecule has 4 rings (SSSR count). The molecular formula is C24H19BrN2O5S. The molecule has 0 radical (unpaired) electrons. The fourth-order valence-electron chi connectivity index (χ4n) is 3.71. The summed E-state index contributed by atoms with van der Waals surface area (Å²) in [4.78, 5) is 25.1. The summed E-state index contributed by atoms with van der Waals surface area (Å²) in [5.41, 5.74) is 2.73. The van der Waals surface area contributed by atoms with Crippen molar-refractivity contribution in [3.8, 4) is 0 Å². The van der Waals surface area contributed by atoms with Crippen LogP contribution < -0.4 is 4.90 Å². The number of benzene rings is 3. The summed E-state index contributed by atoms with van der Waals surface area (Å²) in [5.74, 6) is -0.683. The highest BCUT2D eigenvalue weighted by molar-refractivity contribution is 9.10. The van der Waals surface area contributed by atoms with Crippen LogP contribution >= 0.6 is 15.9 Å². The molecule has 0 aliphatic carbocycles. The van der Waals surface area contributed by atoms with E-state index < -0.39 is 26.0 Å². The number of nitrogens with zero attached hydrogens (tertiary/aromatic N) is 2. The number of nitro groups is 1. The Kier molecular flexibility index (Phi) is 5.94. The van der Waals surface area contributed by atoms with Gasteiger partial charge in [-0.1, -0.05) is 46.3 Å². The van der Waals surface area contributed by atoms with E-state index in [1.165, 1.54) is 35.2 Å². The minimum atomic E-state index is -4.20. The maximum atomic E-state index is 13.7. The van der Waals surface area contributed by atoms with Crippen LogP contribution in [0.15, 0.2) is 76.1 Å². The first-order valence-electron chi connectivity index (χ1n) is 9.96. The van der Waals surface area contributed by atoms with E-state index in [1.807, 2.05) is 19.9 Å². The molecule has 1 saturated heterocycles. The quantitative estimate of drug-likeness (QED) is 0.255. The zero-order chi connectivity index (χ0) is 23.9. The second-order valence-electron chi connectivity index (χ2n) is 7.75. The first-order chi connectivity index (χ1) is 15.6. The number of hydrogen-bond acceptors (Lipinski definition) is 5. The largest absolute Gasteiger partial charge is 0.286 e. The molecule has 7 nitrogen and oxygen atoms in total. The van der Waals surface area contributed by atoms with Crippen molar-refractivity contribution in [2.75, 3.05) is 4.90 Å². The van der Waals surface area contributed by atoms with Gasteiger partial charge in [-0.25, -0.2) is 8.42 Å². The average Bonchev–Trinajstić information content (AvgIpc) is 2.97. The second kappa shape index (κ2) is 8.57. The molecule has 0 saturated carbocycles. The van der Waals surface area contributed by atoms with Gasteiger partial charge in [-0.3, -0.25) is 19.8 Å². The Balaban J connectivity index is 1.94. The van der Waals surface area contributed by atoms with Crippen molar-refractivity contribution in [1.29, 1.82) is 0 Å². The van der Waals surface area contributed by atoms with E-state index in [0.717, 1.165) is 15.6 Å². The van der Waals surface area contributed by atoms with E-state index in [4.69, 9.17) is 0 Å². The van der Waals surface area contributed by atoms with E-state index in [2.05, 4.69) is 15.9 Å². The first kappa shape index (κ1) is 22.9. The topological polar surface area (TPSA) is 97.6 Å². The van der Waals surface area contributed by atoms with Crippen molar-refractivity contribution in [3.63, 3.8) is 0 Å². The Morgan fingerprint density at radius 2 is 1.70 bits per heavy atom. The van der Waals surface area contributed by atoms with E-state index in [0.29, 0.717) is 11.3 Å². The maximum absolute atomic E-state index is 13.7. The van der Waals surface area contributed by atoms with E-state index in [-0.39, 0.29) is 16.2 Å². The lowest BCUT2D eigenvalue weighted by molar-refractivity contribution is -0.384. The molecule has 3 aromatic carbocycles. The number of nitro benzene ring substituents is 1. The number of carbonyl (C=O) groups excluding carboxylic acids is 1. The molecule has 0 bridgehead atoms. The van der Waals surface area contributed by atoms with E-state index >= 15 is 0 Å². The van der Waals surface area contributed by atoms with Crippen LogP contribution in [0.25, 0.3) is 6.08 Å². The molecule has 1 atom stereocenters. The number of hydrogen-bond donors (Lipinski definition) is 0. The first-order valence-corrected chi connectivity index (χ1v) is 12.3. The molecule has 0 aromatic heterocycles. The Bertz CT molecular complexity index is 1420. The third kappa shape index (κ3) is 4.21. The van der Waals surface area contributed by atoms with Crippen molar-refractivity contribution in [2.45, 2.75) is 19.2 Å². The van der Waals surface area contributed by atoms with Gasteiger partial charge < -0.3 is 0 Å². The van der Waals surface area contributed by atoms with E-state index in [9.17, 15) is 23.3 Å². The number of sulfone groups is 1. The van der Waals surface area contributed by atoms with Crippen LogP contribution in [0.4, 0.5) is 11.4 Å². The standard InChI is InChI=1S/C24H19BrN2O5S/c1-15-6-11-20(12-16(15)2)26-23(28)22(13-17-7-9-19(25)10-8-17)33(31,32)24(26)18-4-3-5-21(14-18)27(29)30/h3-14,24H,1-2H3/b22-13+/t24-/m1/s1. The van der Waals surface area contributed by atoms with Crippen molar-refractivity contribution in [1.82, 2.24) is 0 Å². The summed E-state index contributed by atoms with van der Waals surface area (Å²) in [7, 11) is -4.20. The number of halogens is 1. The van der Waals surface area contributed by atoms with Crippen LogP contribution in [0, 0.1) is 24.0 Å². The molecule has 9 heteroatoms. The number of rotatable bonds is 4. The second-order valence-corrected chi connectivity index (χ2v) is 10.6. The molecule has 1 aliphatic heterocycles. The van der Waals surface area contributed by atoms with Gasteiger partial charge in [0.1, 0.15) is 4.91 Å². The molecule has 1 aliphatic rings. The Morgan fingerprint density at radius 3 is 2.33 bits per heavy atom. The summed E-state index contributed by atoms with van der Waals surface area (Å²) in [6.45, 7) is 3.79. The molecule has 1 amide bonds. The molecule has 3 aromatic rings. The Morgan fingerprint density at radius 1 is 1.00 bits per heavy atom. The molecule has 33 heavy (non-hydrogen) atoms. The number of aryl methyl sites for hydroxylation is 2. The van der Waals surface area contributed by atoms with Gasteiger partial charge in [0.25, 0.3) is 11.6 Å².